The number of anilines is 1. The van der Waals surface area contributed by atoms with Crippen LogP contribution in [0.5, 0.6) is 5.75 Å². The number of benzene rings is 2. The van der Waals surface area contributed by atoms with Gasteiger partial charge < -0.3 is 15.0 Å². The van der Waals surface area contributed by atoms with Gasteiger partial charge in [-0.2, -0.15) is 0 Å². The number of phenols is 1. The SMILES string of the molecule is O=C(Nc1cccc(O)c1)c1cccc(-n2cccc2)c1. The third-order valence-electron chi connectivity index (χ3n) is 3.11. The molecule has 3 rings (SSSR count). The Kier molecular flexibility index (Phi) is 3.43. The number of aromatic nitrogens is 1. The monoisotopic (exact) mass is 278 g/mol. The van der Waals surface area contributed by atoms with Crippen molar-refractivity contribution in [2.24, 2.45) is 0 Å². The average molecular weight is 278 g/mol. The highest BCUT2D eigenvalue weighted by Gasteiger charge is 2.07. The molecule has 0 atom stereocenters. The number of aromatic hydroxyl groups is 1. The minimum atomic E-state index is -0.213. The standard InChI is InChI=1S/C17H14N2O2/c20-16-8-4-6-14(12-16)18-17(21)13-5-3-7-15(11-13)19-9-1-2-10-19/h1-12,20H,(H,18,21). The van der Waals surface area contributed by atoms with Crippen LogP contribution in [-0.2, 0) is 0 Å². The van der Waals surface area contributed by atoms with E-state index in [-0.39, 0.29) is 11.7 Å². The second kappa shape index (κ2) is 5.54. The van der Waals surface area contributed by atoms with Crippen molar-refractivity contribution in [2.45, 2.75) is 0 Å². The first kappa shape index (κ1) is 13.0. The number of hydrogen-bond donors (Lipinski definition) is 2. The molecule has 0 unspecified atom stereocenters. The highest BCUT2D eigenvalue weighted by Crippen LogP contribution is 2.17. The summed E-state index contributed by atoms with van der Waals surface area (Å²) in [6, 6.07) is 17.7. The van der Waals surface area contributed by atoms with Crippen molar-refractivity contribution >= 4 is 11.6 Å². The molecule has 4 nitrogen and oxygen atoms in total. The average Bonchev–Trinajstić information content (AvgIpc) is 3.02. The number of nitrogens with one attached hydrogen (secondary N) is 1. The highest BCUT2D eigenvalue weighted by atomic mass is 16.3. The van der Waals surface area contributed by atoms with Gasteiger partial charge in [-0.05, 0) is 42.5 Å². The Balaban J connectivity index is 1.83. The van der Waals surface area contributed by atoms with Gasteiger partial charge in [0.05, 0.1) is 0 Å². The van der Waals surface area contributed by atoms with Crippen LogP contribution < -0.4 is 5.32 Å². The first-order valence-corrected chi connectivity index (χ1v) is 6.56. The fourth-order valence-corrected chi connectivity index (χ4v) is 2.10. The molecule has 0 aliphatic rings. The van der Waals surface area contributed by atoms with Crippen molar-refractivity contribution in [1.29, 1.82) is 0 Å². The lowest BCUT2D eigenvalue weighted by Gasteiger charge is -2.08. The summed E-state index contributed by atoms with van der Waals surface area (Å²) in [5.41, 5.74) is 2.04. The van der Waals surface area contributed by atoms with E-state index in [1.807, 2.05) is 47.3 Å². The summed E-state index contributed by atoms with van der Waals surface area (Å²) in [5.74, 6) is -0.0940. The first-order valence-electron chi connectivity index (χ1n) is 6.56. The number of carbonyl (C=O) groups is 1. The summed E-state index contributed by atoms with van der Waals surface area (Å²) in [5, 5.41) is 12.2. The quantitative estimate of drug-likeness (QED) is 0.771. The third kappa shape index (κ3) is 2.95. The van der Waals surface area contributed by atoms with Gasteiger partial charge >= 0.3 is 0 Å². The minimum absolute atomic E-state index is 0.119. The molecule has 104 valence electrons. The minimum Gasteiger partial charge on any atom is -0.508 e. The Morgan fingerprint density at radius 1 is 0.952 bits per heavy atom. The molecule has 0 aliphatic heterocycles. The molecule has 21 heavy (non-hydrogen) atoms. The molecule has 0 bridgehead atoms. The third-order valence-corrected chi connectivity index (χ3v) is 3.11. The van der Waals surface area contributed by atoms with E-state index in [1.54, 1.807) is 24.3 Å². The van der Waals surface area contributed by atoms with Crippen LogP contribution in [0.25, 0.3) is 5.69 Å². The van der Waals surface area contributed by atoms with Gasteiger partial charge in [-0.1, -0.05) is 12.1 Å². The maximum atomic E-state index is 12.2. The van der Waals surface area contributed by atoms with E-state index < -0.39 is 0 Å². The molecule has 1 aromatic heterocycles. The van der Waals surface area contributed by atoms with Crippen LogP contribution in [0, 0.1) is 0 Å². The van der Waals surface area contributed by atoms with Gasteiger partial charge in [0.1, 0.15) is 5.75 Å². The van der Waals surface area contributed by atoms with Crippen molar-refractivity contribution in [3.05, 3.63) is 78.6 Å². The smallest absolute Gasteiger partial charge is 0.255 e. The predicted octanol–water partition coefficient (Wildman–Crippen LogP) is 3.44. The van der Waals surface area contributed by atoms with Crippen LogP contribution in [0.4, 0.5) is 5.69 Å². The maximum absolute atomic E-state index is 12.2. The summed E-state index contributed by atoms with van der Waals surface area (Å²) in [4.78, 5) is 12.2. The Labute approximate surface area is 122 Å². The Bertz CT molecular complexity index is 764. The van der Waals surface area contributed by atoms with Crippen LogP contribution >= 0.6 is 0 Å². The van der Waals surface area contributed by atoms with Crippen LogP contribution in [0.2, 0.25) is 0 Å². The zero-order valence-electron chi connectivity index (χ0n) is 11.2. The van der Waals surface area contributed by atoms with Gasteiger partial charge in [0.2, 0.25) is 0 Å². The van der Waals surface area contributed by atoms with E-state index in [9.17, 15) is 9.90 Å². The van der Waals surface area contributed by atoms with Gasteiger partial charge in [-0.15, -0.1) is 0 Å². The van der Waals surface area contributed by atoms with Crippen molar-refractivity contribution in [3.63, 3.8) is 0 Å². The molecule has 1 amide bonds. The van der Waals surface area contributed by atoms with E-state index in [4.69, 9.17) is 0 Å². The van der Waals surface area contributed by atoms with Crippen LogP contribution in [0.3, 0.4) is 0 Å². The fraction of sp³-hybridized carbons (Fsp3) is 0. The number of nitrogens with zero attached hydrogens (tertiary/aromatic N) is 1. The second-order valence-electron chi connectivity index (χ2n) is 4.65. The number of amides is 1. The summed E-state index contributed by atoms with van der Waals surface area (Å²) >= 11 is 0. The van der Waals surface area contributed by atoms with Gasteiger partial charge in [0, 0.05) is 35.4 Å². The molecule has 1 heterocycles. The summed E-state index contributed by atoms with van der Waals surface area (Å²) < 4.78 is 1.94. The summed E-state index contributed by atoms with van der Waals surface area (Å²) in [7, 11) is 0. The highest BCUT2D eigenvalue weighted by molar-refractivity contribution is 6.04. The van der Waals surface area contributed by atoms with Gasteiger partial charge in [0.15, 0.2) is 0 Å². The van der Waals surface area contributed by atoms with E-state index in [0.717, 1.165) is 5.69 Å². The fourth-order valence-electron chi connectivity index (χ4n) is 2.10. The molecule has 0 saturated carbocycles. The Morgan fingerprint density at radius 3 is 2.48 bits per heavy atom. The second-order valence-corrected chi connectivity index (χ2v) is 4.65. The number of phenolic OH excluding ortho intramolecular Hbond substituents is 1. The molecular weight excluding hydrogens is 264 g/mol. The Hall–Kier alpha value is -3.01. The molecule has 2 N–H and O–H groups in total. The van der Waals surface area contributed by atoms with Crippen molar-refractivity contribution in [2.75, 3.05) is 5.32 Å². The normalized spacial score (nSPS) is 10.3. The van der Waals surface area contributed by atoms with Crippen LogP contribution in [0.1, 0.15) is 10.4 Å². The maximum Gasteiger partial charge on any atom is 0.255 e. The molecule has 0 spiro atoms. The lowest BCUT2D eigenvalue weighted by Crippen LogP contribution is -2.12. The van der Waals surface area contributed by atoms with Crippen molar-refractivity contribution < 1.29 is 9.90 Å². The van der Waals surface area contributed by atoms with Gasteiger partial charge in [-0.3, -0.25) is 4.79 Å². The largest absolute Gasteiger partial charge is 0.508 e. The molecular formula is C17H14N2O2. The number of carbonyl (C=O) groups excluding carboxylic acids is 1. The van der Waals surface area contributed by atoms with Crippen molar-refractivity contribution in [3.8, 4) is 11.4 Å². The molecule has 4 heteroatoms. The van der Waals surface area contributed by atoms with E-state index in [2.05, 4.69) is 5.32 Å². The molecule has 0 radical (unpaired) electrons. The first-order chi connectivity index (χ1) is 10.2. The molecule has 2 aromatic carbocycles. The summed E-state index contributed by atoms with van der Waals surface area (Å²) in [6.45, 7) is 0. The summed E-state index contributed by atoms with van der Waals surface area (Å²) in [6.07, 6.45) is 3.85. The zero-order valence-corrected chi connectivity index (χ0v) is 11.2. The topological polar surface area (TPSA) is 54.3 Å². The zero-order chi connectivity index (χ0) is 14.7. The molecule has 0 fully saturated rings. The predicted molar refractivity (Wildman–Crippen MR) is 81.8 cm³/mol. The molecule has 0 saturated heterocycles. The van der Waals surface area contributed by atoms with Crippen LogP contribution in [0.15, 0.2) is 73.1 Å². The van der Waals surface area contributed by atoms with E-state index >= 15 is 0 Å². The lowest BCUT2D eigenvalue weighted by atomic mass is 10.2. The lowest BCUT2D eigenvalue weighted by molar-refractivity contribution is 0.102. The van der Waals surface area contributed by atoms with Crippen LogP contribution in [-0.4, -0.2) is 15.6 Å². The number of rotatable bonds is 3. The van der Waals surface area contributed by atoms with E-state index in [0.29, 0.717) is 11.3 Å². The van der Waals surface area contributed by atoms with Gasteiger partial charge in [-0.25, -0.2) is 0 Å². The number of hydrogen-bond acceptors (Lipinski definition) is 2. The van der Waals surface area contributed by atoms with Gasteiger partial charge in [0.25, 0.3) is 5.91 Å². The molecule has 3 aromatic rings. The molecule has 0 aliphatic carbocycles. The Morgan fingerprint density at radius 2 is 1.71 bits per heavy atom. The van der Waals surface area contributed by atoms with Crippen molar-refractivity contribution in [1.82, 2.24) is 4.57 Å². The van der Waals surface area contributed by atoms with E-state index in [1.165, 1.54) is 6.07 Å².